The number of aliphatic imine (C=N–C) groups is 1. The molecule has 6 nitrogen and oxygen atoms in total. The molecule has 3 heterocycles. The molecule has 0 saturated carbocycles. The van der Waals surface area contributed by atoms with E-state index < -0.39 is 0 Å². The highest BCUT2D eigenvalue weighted by molar-refractivity contribution is 6.15. The molecule has 1 N–H and O–H groups in total. The molecule has 0 radical (unpaired) electrons. The van der Waals surface area contributed by atoms with Gasteiger partial charge in [-0.1, -0.05) is 16.4 Å². The van der Waals surface area contributed by atoms with Gasteiger partial charge in [-0.2, -0.15) is 4.99 Å². The lowest BCUT2D eigenvalue weighted by atomic mass is 10.3. The van der Waals surface area contributed by atoms with Crippen molar-refractivity contribution in [3.8, 4) is 0 Å². The average molecular weight is 213 g/mol. The second-order valence-electron chi connectivity index (χ2n) is 3.36. The monoisotopic (exact) mass is 213 g/mol. The lowest BCUT2D eigenvalue weighted by Gasteiger charge is -2.21. The van der Waals surface area contributed by atoms with Gasteiger partial charge in [-0.3, -0.25) is 0 Å². The van der Waals surface area contributed by atoms with E-state index >= 15 is 0 Å². The summed E-state index contributed by atoms with van der Waals surface area (Å²) >= 11 is 0. The van der Waals surface area contributed by atoms with Crippen LogP contribution in [0.25, 0.3) is 0 Å². The van der Waals surface area contributed by atoms with Crippen LogP contribution in [-0.4, -0.2) is 27.1 Å². The topological polar surface area (TPSA) is 66.3 Å². The molecule has 0 amide bonds. The molecule has 6 heteroatoms. The number of quaternary nitrogens is 1. The van der Waals surface area contributed by atoms with Crippen molar-refractivity contribution < 1.29 is 0 Å². The number of fused-ring (bicyclic) bond motifs is 1. The fraction of sp³-hybridized carbons (Fsp3) is 0. The largest absolute Gasteiger partial charge is 0.282 e. The lowest BCUT2D eigenvalue weighted by molar-refractivity contribution is 0.572. The van der Waals surface area contributed by atoms with Gasteiger partial charge < -0.3 is 0 Å². The Morgan fingerprint density at radius 1 is 1.38 bits per heavy atom. The summed E-state index contributed by atoms with van der Waals surface area (Å²) in [6.45, 7) is 3.68. The van der Waals surface area contributed by atoms with Gasteiger partial charge in [0, 0.05) is 6.08 Å². The van der Waals surface area contributed by atoms with Crippen LogP contribution >= 0.6 is 0 Å². The second kappa shape index (κ2) is 3.07. The van der Waals surface area contributed by atoms with E-state index in [4.69, 9.17) is 0 Å². The second-order valence-corrected chi connectivity index (χ2v) is 3.36. The Hall–Kier alpha value is -2.34. The van der Waals surface area contributed by atoms with E-state index in [9.17, 15) is 0 Å². The molecule has 0 fully saturated rings. The van der Waals surface area contributed by atoms with Crippen LogP contribution in [0.15, 0.2) is 53.4 Å². The Balaban J connectivity index is 2.22. The minimum absolute atomic E-state index is 0.144. The van der Waals surface area contributed by atoms with E-state index in [1.165, 1.54) is 0 Å². The number of aromatic amines is 1. The minimum atomic E-state index is 0.144. The molecule has 0 spiro atoms. The smallest absolute Gasteiger partial charge is 0.209 e. The highest BCUT2D eigenvalue weighted by Gasteiger charge is 2.42. The molecule has 0 aromatic carbocycles. The third-order valence-electron chi connectivity index (χ3n) is 2.45. The van der Waals surface area contributed by atoms with Crippen LogP contribution in [-0.2, 0) is 0 Å². The average Bonchev–Trinajstić information content (AvgIpc) is 2.96. The number of aromatic nitrogens is 3. The fourth-order valence-corrected chi connectivity index (χ4v) is 1.71. The SMILES string of the molecule is C=CC1=N[N+]2(c3cnn[nH]3)C=CC=CC2=N1. The predicted octanol–water partition coefficient (Wildman–Crippen LogP) is 1.11. The van der Waals surface area contributed by atoms with Crippen LogP contribution in [0.4, 0.5) is 5.82 Å². The van der Waals surface area contributed by atoms with Crippen molar-refractivity contribution >= 4 is 17.5 Å². The summed E-state index contributed by atoms with van der Waals surface area (Å²) in [5.41, 5.74) is 0. The molecule has 1 atom stereocenters. The molecule has 3 rings (SSSR count). The van der Waals surface area contributed by atoms with Crippen molar-refractivity contribution in [3.05, 3.63) is 43.3 Å². The highest BCUT2D eigenvalue weighted by atomic mass is 15.7. The first-order valence-corrected chi connectivity index (χ1v) is 4.78. The van der Waals surface area contributed by atoms with Gasteiger partial charge in [0.2, 0.25) is 5.84 Å². The summed E-state index contributed by atoms with van der Waals surface area (Å²) in [5, 5.41) is 14.8. The molecular weight excluding hydrogens is 204 g/mol. The van der Waals surface area contributed by atoms with E-state index in [2.05, 4.69) is 32.1 Å². The predicted molar refractivity (Wildman–Crippen MR) is 61.5 cm³/mol. The first kappa shape index (κ1) is 8.93. The van der Waals surface area contributed by atoms with Crippen LogP contribution in [0, 0.1) is 0 Å². The maximum absolute atomic E-state index is 4.49. The summed E-state index contributed by atoms with van der Waals surface area (Å²) in [4.78, 5) is 4.36. The lowest BCUT2D eigenvalue weighted by Crippen LogP contribution is -2.42. The van der Waals surface area contributed by atoms with Crippen LogP contribution in [0.3, 0.4) is 0 Å². The van der Waals surface area contributed by atoms with Crippen molar-refractivity contribution in [3.63, 3.8) is 0 Å². The molecule has 1 aromatic heterocycles. The number of amidine groups is 2. The molecular formula is C10H9N6+. The number of nitrogens with zero attached hydrogens (tertiary/aromatic N) is 5. The van der Waals surface area contributed by atoms with Crippen LogP contribution in [0.2, 0.25) is 0 Å². The van der Waals surface area contributed by atoms with Crippen LogP contribution < -0.4 is 4.59 Å². The normalized spacial score (nSPS) is 26.2. The number of rotatable bonds is 2. The number of nitrogens with one attached hydrogen (secondary N) is 1. The molecule has 0 bridgehead atoms. The first-order chi connectivity index (χ1) is 7.85. The quantitative estimate of drug-likeness (QED) is 0.748. The molecule has 0 saturated heterocycles. The van der Waals surface area contributed by atoms with Gasteiger partial charge in [0.1, 0.15) is 12.4 Å². The molecule has 2 aliphatic heterocycles. The summed E-state index contributed by atoms with van der Waals surface area (Å²) in [6.07, 6.45) is 10.9. The van der Waals surface area contributed by atoms with E-state index in [1.807, 2.05) is 24.4 Å². The first-order valence-electron chi connectivity index (χ1n) is 4.78. The van der Waals surface area contributed by atoms with Crippen molar-refractivity contribution in [1.29, 1.82) is 0 Å². The zero-order chi connectivity index (χ0) is 11.0. The molecule has 0 aliphatic carbocycles. The molecule has 2 aliphatic rings. The highest BCUT2D eigenvalue weighted by Crippen LogP contribution is 2.29. The standard InChI is InChI=1S/C10H9N6/c1-2-8-12-9-5-3-4-6-16(9,14-8)10-7-11-15-13-10/h2-7H,1H2,(H,11,13,15)/q+1. The van der Waals surface area contributed by atoms with Gasteiger partial charge in [-0.15, -0.1) is 5.10 Å². The van der Waals surface area contributed by atoms with Crippen LogP contribution in [0.5, 0.6) is 0 Å². The van der Waals surface area contributed by atoms with Crippen molar-refractivity contribution in [2.45, 2.75) is 0 Å². The Labute approximate surface area is 91.6 Å². The van der Waals surface area contributed by atoms with E-state index in [-0.39, 0.29) is 4.59 Å². The Kier molecular flexibility index (Phi) is 1.72. The Bertz CT molecular complexity index is 548. The number of allylic oxidation sites excluding steroid dienone is 2. The molecule has 16 heavy (non-hydrogen) atoms. The maximum Gasteiger partial charge on any atom is 0.282 e. The zero-order valence-electron chi connectivity index (χ0n) is 8.41. The van der Waals surface area contributed by atoms with E-state index in [0.717, 1.165) is 11.7 Å². The van der Waals surface area contributed by atoms with Gasteiger partial charge in [0.05, 0.1) is 0 Å². The molecule has 1 unspecified atom stereocenters. The summed E-state index contributed by atoms with van der Waals surface area (Å²) in [7, 11) is 0. The van der Waals surface area contributed by atoms with Gasteiger partial charge >= 0.3 is 0 Å². The maximum atomic E-state index is 4.49. The summed E-state index contributed by atoms with van der Waals surface area (Å²) < 4.78 is 0.144. The van der Waals surface area contributed by atoms with E-state index in [0.29, 0.717) is 5.84 Å². The van der Waals surface area contributed by atoms with Gasteiger partial charge in [0.15, 0.2) is 0 Å². The number of hydrogen-bond donors (Lipinski definition) is 1. The van der Waals surface area contributed by atoms with Gasteiger partial charge in [0.25, 0.3) is 11.7 Å². The molecule has 1 aromatic rings. The fourth-order valence-electron chi connectivity index (χ4n) is 1.71. The Morgan fingerprint density at radius 2 is 2.31 bits per heavy atom. The summed E-state index contributed by atoms with van der Waals surface area (Å²) in [5.74, 6) is 2.14. The van der Waals surface area contributed by atoms with Gasteiger partial charge in [-0.05, 0) is 23.3 Å². The van der Waals surface area contributed by atoms with Gasteiger partial charge in [-0.25, -0.2) is 5.10 Å². The Morgan fingerprint density at radius 3 is 3.06 bits per heavy atom. The van der Waals surface area contributed by atoms with Crippen molar-refractivity contribution in [1.82, 2.24) is 20.0 Å². The number of H-pyrrole nitrogens is 1. The van der Waals surface area contributed by atoms with Crippen LogP contribution in [0.1, 0.15) is 0 Å². The van der Waals surface area contributed by atoms with E-state index in [1.54, 1.807) is 12.3 Å². The van der Waals surface area contributed by atoms with Crippen molar-refractivity contribution in [2.75, 3.05) is 0 Å². The van der Waals surface area contributed by atoms with Crippen molar-refractivity contribution in [2.24, 2.45) is 10.1 Å². The molecule has 78 valence electrons. The minimum Gasteiger partial charge on any atom is -0.209 e. The number of hydrogen-bond acceptors (Lipinski definition) is 4. The summed E-state index contributed by atoms with van der Waals surface area (Å²) in [6, 6.07) is 0. The zero-order valence-corrected chi connectivity index (χ0v) is 8.41. The third kappa shape index (κ3) is 1.04. The third-order valence-corrected chi connectivity index (χ3v) is 2.45.